The number of aromatic nitrogens is 2. The van der Waals surface area contributed by atoms with E-state index in [1.54, 1.807) is 36.5 Å². The highest BCUT2D eigenvalue weighted by atomic mass is 16.5. The van der Waals surface area contributed by atoms with Crippen molar-refractivity contribution in [2.45, 2.75) is 26.8 Å². The summed E-state index contributed by atoms with van der Waals surface area (Å²) in [5.41, 5.74) is 2.39. The van der Waals surface area contributed by atoms with Gasteiger partial charge < -0.3 is 19.4 Å². The standard InChI is InChI=1S/C26H28N4O5/c1-16(2)15-35-26(33)28-12-7-13-30-14-19(17-9-6-11-27-23(17)30)22-21(24(31)29-25(22)32)18-8-4-5-10-20(18)34-3/h4-6,8-11,14,16H,7,12-13,15H2,1-3H3,(H,28,33)(H,29,31,32). The molecule has 9 heteroatoms. The molecule has 1 aromatic carbocycles. The van der Waals surface area contributed by atoms with Gasteiger partial charge in [-0.25, -0.2) is 9.78 Å². The Bertz CT molecular complexity index is 1310. The van der Waals surface area contributed by atoms with Crippen molar-refractivity contribution >= 4 is 40.1 Å². The zero-order valence-corrected chi connectivity index (χ0v) is 20.0. The Balaban J connectivity index is 1.65. The fourth-order valence-corrected chi connectivity index (χ4v) is 4.05. The molecule has 0 aliphatic carbocycles. The maximum absolute atomic E-state index is 12.9. The van der Waals surface area contributed by atoms with Crippen molar-refractivity contribution in [1.29, 1.82) is 0 Å². The van der Waals surface area contributed by atoms with E-state index >= 15 is 0 Å². The van der Waals surface area contributed by atoms with E-state index in [0.29, 0.717) is 48.6 Å². The van der Waals surface area contributed by atoms with E-state index in [1.165, 1.54) is 7.11 Å². The minimum atomic E-state index is -0.469. The molecule has 0 spiro atoms. The van der Waals surface area contributed by atoms with Crippen LogP contribution in [0.5, 0.6) is 5.75 Å². The quantitative estimate of drug-likeness (QED) is 0.362. The van der Waals surface area contributed by atoms with Gasteiger partial charge >= 0.3 is 6.09 Å². The summed E-state index contributed by atoms with van der Waals surface area (Å²) in [4.78, 5) is 42.1. The van der Waals surface area contributed by atoms with Gasteiger partial charge in [0, 0.05) is 42.0 Å². The highest BCUT2D eigenvalue weighted by Crippen LogP contribution is 2.38. The van der Waals surface area contributed by atoms with Crippen molar-refractivity contribution < 1.29 is 23.9 Å². The summed E-state index contributed by atoms with van der Waals surface area (Å²) in [5, 5.41) is 5.92. The van der Waals surface area contributed by atoms with E-state index < -0.39 is 17.9 Å². The van der Waals surface area contributed by atoms with Crippen LogP contribution in [0.25, 0.3) is 22.2 Å². The molecule has 0 bridgehead atoms. The van der Waals surface area contributed by atoms with Crippen LogP contribution >= 0.6 is 0 Å². The van der Waals surface area contributed by atoms with Crippen LogP contribution in [0.3, 0.4) is 0 Å². The van der Waals surface area contributed by atoms with Gasteiger partial charge in [0.05, 0.1) is 24.9 Å². The van der Waals surface area contributed by atoms with E-state index in [9.17, 15) is 14.4 Å². The van der Waals surface area contributed by atoms with E-state index in [0.717, 1.165) is 5.39 Å². The third-order valence-electron chi connectivity index (χ3n) is 5.60. The van der Waals surface area contributed by atoms with Crippen LogP contribution in [-0.2, 0) is 20.9 Å². The normalized spacial score (nSPS) is 13.5. The van der Waals surface area contributed by atoms with Crippen molar-refractivity contribution in [3.8, 4) is 5.75 Å². The van der Waals surface area contributed by atoms with Crippen LogP contribution < -0.4 is 15.4 Å². The Morgan fingerprint density at radius 2 is 1.83 bits per heavy atom. The molecule has 0 radical (unpaired) electrons. The maximum Gasteiger partial charge on any atom is 0.407 e. The van der Waals surface area contributed by atoms with Crippen LogP contribution in [0.15, 0.2) is 48.8 Å². The minimum absolute atomic E-state index is 0.268. The van der Waals surface area contributed by atoms with Crippen molar-refractivity contribution in [1.82, 2.24) is 20.2 Å². The van der Waals surface area contributed by atoms with E-state index in [-0.39, 0.29) is 17.1 Å². The molecule has 0 fully saturated rings. The first kappa shape index (κ1) is 24.0. The van der Waals surface area contributed by atoms with Crippen molar-refractivity contribution in [2.24, 2.45) is 5.92 Å². The number of rotatable bonds is 9. The lowest BCUT2D eigenvalue weighted by atomic mass is 9.96. The van der Waals surface area contributed by atoms with Crippen LogP contribution in [0.1, 0.15) is 31.4 Å². The van der Waals surface area contributed by atoms with Crippen LogP contribution in [0.4, 0.5) is 4.79 Å². The zero-order valence-electron chi connectivity index (χ0n) is 20.0. The minimum Gasteiger partial charge on any atom is -0.496 e. The van der Waals surface area contributed by atoms with Gasteiger partial charge in [0.25, 0.3) is 11.8 Å². The Morgan fingerprint density at radius 1 is 1.09 bits per heavy atom. The molecule has 3 heterocycles. The number of hydrogen-bond acceptors (Lipinski definition) is 6. The monoisotopic (exact) mass is 476 g/mol. The predicted molar refractivity (Wildman–Crippen MR) is 131 cm³/mol. The number of benzene rings is 1. The molecule has 4 rings (SSSR count). The number of pyridine rings is 1. The van der Waals surface area contributed by atoms with E-state index in [2.05, 4.69) is 15.6 Å². The SMILES string of the molecule is COc1ccccc1C1=C(c2cn(CCCNC(=O)OCC(C)C)c3ncccc23)C(=O)NC1=O. The average molecular weight is 477 g/mol. The molecule has 0 unspecified atom stereocenters. The molecule has 0 saturated carbocycles. The van der Waals surface area contributed by atoms with Gasteiger partial charge in [0.2, 0.25) is 0 Å². The molecule has 2 N–H and O–H groups in total. The largest absolute Gasteiger partial charge is 0.496 e. The first-order valence-electron chi connectivity index (χ1n) is 11.5. The number of carbonyl (C=O) groups is 3. The van der Waals surface area contributed by atoms with Crippen LogP contribution in [0, 0.1) is 5.92 Å². The number of amides is 3. The lowest BCUT2D eigenvalue weighted by Gasteiger charge is -2.09. The van der Waals surface area contributed by atoms with Crippen molar-refractivity contribution in [3.05, 3.63) is 59.9 Å². The van der Waals surface area contributed by atoms with Crippen molar-refractivity contribution in [2.75, 3.05) is 20.3 Å². The smallest absolute Gasteiger partial charge is 0.407 e. The molecule has 0 saturated heterocycles. The number of nitrogens with zero attached hydrogens (tertiary/aromatic N) is 2. The summed E-state index contributed by atoms with van der Waals surface area (Å²) in [7, 11) is 1.52. The summed E-state index contributed by atoms with van der Waals surface area (Å²) < 4.78 is 12.5. The predicted octanol–water partition coefficient (Wildman–Crippen LogP) is 3.38. The third kappa shape index (κ3) is 5.03. The van der Waals surface area contributed by atoms with Gasteiger partial charge in [-0.05, 0) is 30.5 Å². The molecule has 182 valence electrons. The van der Waals surface area contributed by atoms with E-state index in [4.69, 9.17) is 9.47 Å². The van der Waals surface area contributed by atoms with Gasteiger partial charge in [-0.3, -0.25) is 14.9 Å². The molecule has 0 atom stereocenters. The Morgan fingerprint density at radius 3 is 2.57 bits per heavy atom. The summed E-state index contributed by atoms with van der Waals surface area (Å²) in [5.74, 6) is -0.162. The number of ether oxygens (including phenoxy) is 2. The number of methoxy groups -OCH3 is 1. The summed E-state index contributed by atoms with van der Waals surface area (Å²) in [6, 6.07) is 10.8. The Kier molecular flexibility index (Phi) is 7.14. The summed E-state index contributed by atoms with van der Waals surface area (Å²) >= 11 is 0. The van der Waals surface area contributed by atoms with Gasteiger partial charge in [0.15, 0.2) is 0 Å². The molecule has 1 aliphatic heterocycles. The molecule has 35 heavy (non-hydrogen) atoms. The van der Waals surface area contributed by atoms with Gasteiger partial charge in [0.1, 0.15) is 11.4 Å². The fourth-order valence-electron chi connectivity index (χ4n) is 4.05. The van der Waals surface area contributed by atoms with Crippen LogP contribution in [-0.4, -0.2) is 47.7 Å². The molecule has 3 aromatic rings. The lowest BCUT2D eigenvalue weighted by molar-refractivity contribution is -0.122. The third-order valence-corrected chi connectivity index (χ3v) is 5.60. The second kappa shape index (κ2) is 10.4. The number of carbonyl (C=O) groups excluding carboxylic acids is 3. The topological polar surface area (TPSA) is 112 Å². The number of para-hydroxylation sites is 1. The number of hydrogen-bond donors (Lipinski definition) is 2. The number of aryl methyl sites for hydroxylation is 1. The number of alkyl carbamates (subject to hydrolysis) is 1. The molecular weight excluding hydrogens is 448 g/mol. The second-order valence-electron chi connectivity index (χ2n) is 8.62. The fraction of sp³-hybridized carbons (Fsp3) is 0.308. The summed E-state index contributed by atoms with van der Waals surface area (Å²) in [6.07, 6.45) is 3.69. The Hall–Kier alpha value is -4.14. The molecular formula is C26H28N4O5. The average Bonchev–Trinajstić information content (AvgIpc) is 3.36. The lowest BCUT2D eigenvalue weighted by Crippen LogP contribution is -2.27. The molecule has 9 nitrogen and oxygen atoms in total. The highest BCUT2D eigenvalue weighted by Gasteiger charge is 2.35. The summed E-state index contributed by atoms with van der Waals surface area (Å²) in [6.45, 7) is 5.29. The van der Waals surface area contributed by atoms with Crippen LogP contribution in [0.2, 0.25) is 0 Å². The molecule has 2 aromatic heterocycles. The Labute approximate surface area is 203 Å². The van der Waals surface area contributed by atoms with E-state index in [1.807, 2.05) is 30.7 Å². The number of nitrogens with one attached hydrogen (secondary N) is 2. The van der Waals surface area contributed by atoms with Crippen molar-refractivity contribution in [3.63, 3.8) is 0 Å². The maximum atomic E-state index is 12.9. The molecule has 3 amide bonds. The molecule has 1 aliphatic rings. The first-order valence-corrected chi connectivity index (χ1v) is 11.5. The number of imide groups is 1. The van der Waals surface area contributed by atoms with Gasteiger partial charge in [-0.2, -0.15) is 0 Å². The first-order chi connectivity index (χ1) is 16.9. The highest BCUT2D eigenvalue weighted by molar-refractivity contribution is 6.50. The number of fused-ring (bicyclic) bond motifs is 1. The van der Waals surface area contributed by atoms with Gasteiger partial charge in [-0.1, -0.05) is 32.0 Å². The second-order valence-corrected chi connectivity index (χ2v) is 8.62. The zero-order chi connectivity index (χ0) is 24.9. The van der Waals surface area contributed by atoms with Gasteiger partial charge in [-0.15, -0.1) is 0 Å².